The Labute approximate surface area is 75.9 Å². The predicted octanol–water partition coefficient (Wildman–Crippen LogP) is 1.75. The summed E-state index contributed by atoms with van der Waals surface area (Å²) in [5, 5.41) is 0. The Morgan fingerprint density at radius 1 is 1.42 bits per heavy atom. The average Bonchev–Trinajstić information content (AvgIpc) is 2.30. The van der Waals surface area contributed by atoms with Crippen molar-refractivity contribution >= 4 is 0 Å². The molecule has 72 valence electrons. The van der Waals surface area contributed by atoms with Crippen molar-refractivity contribution in [3.05, 3.63) is 0 Å². The average molecular weight is 171 g/mol. The Bertz CT molecular complexity index is 139. The van der Waals surface area contributed by atoms with E-state index in [2.05, 4.69) is 32.7 Å². The number of hydrogen-bond acceptors (Lipinski definition) is 2. The van der Waals surface area contributed by atoms with E-state index >= 15 is 0 Å². The van der Waals surface area contributed by atoms with E-state index in [1.54, 1.807) is 0 Å². The molecule has 0 bridgehead atoms. The minimum atomic E-state index is 0.307. The van der Waals surface area contributed by atoms with Gasteiger partial charge in [-0.15, -0.1) is 0 Å². The van der Waals surface area contributed by atoms with Crippen LogP contribution in [0.4, 0.5) is 0 Å². The Morgan fingerprint density at radius 2 is 2.08 bits per heavy atom. The maximum absolute atomic E-state index is 5.80. The van der Waals surface area contributed by atoms with Gasteiger partial charge in [-0.2, -0.15) is 0 Å². The number of nitrogens with zero attached hydrogens (tertiary/aromatic N) is 1. The number of hydrogen-bond donors (Lipinski definition) is 0. The van der Waals surface area contributed by atoms with E-state index in [9.17, 15) is 0 Å². The first-order chi connectivity index (χ1) is 5.47. The second-order valence-corrected chi connectivity index (χ2v) is 5.04. The van der Waals surface area contributed by atoms with Crippen molar-refractivity contribution < 1.29 is 4.74 Å². The molecular formula is C10H21NO. The molecule has 1 unspecified atom stereocenters. The van der Waals surface area contributed by atoms with Gasteiger partial charge in [0.1, 0.15) is 0 Å². The smallest absolute Gasteiger partial charge is 0.0714 e. The van der Waals surface area contributed by atoms with Crippen LogP contribution in [-0.2, 0) is 4.74 Å². The fourth-order valence-electron chi connectivity index (χ4n) is 1.40. The molecule has 0 radical (unpaired) electrons. The van der Waals surface area contributed by atoms with Crippen LogP contribution >= 0.6 is 0 Å². The summed E-state index contributed by atoms with van der Waals surface area (Å²) in [5.74, 6) is 0. The van der Waals surface area contributed by atoms with Gasteiger partial charge < -0.3 is 9.64 Å². The highest BCUT2D eigenvalue weighted by atomic mass is 16.5. The van der Waals surface area contributed by atoms with Crippen molar-refractivity contribution in [3.63, 3.8) is 0 Å². The van der Waals surface area contributed by atoms with Gasteiger partial charge in [-0.1, -0.05) is 20.8 Å². The molecule has 1 aliphatic heterocycles. The van der Waals surface area contributed by atoms with E-state index in [-0.39, 0.29) is 0 Å². The molecule has 2 heteroatoms. The summed E-state index contributed by atoms with van der Waals surface area (Å²) in [4.78, 5) is 2.33. The van der Waals surface area contributed by atoms with Gasteiger partial charge >= 0.3 is 0 Å². The molecular weight excluding hydrogens is 150 g/mol. The first-order valence-corrected chi connectivity index (χ1v) is 4.77. The summed E-state index contributed by atoms with van der Waals surface area (Å²) in [6, 6.07) is 0. The molecule has 1 heterocycles. The molecule has 0 N–H and O–H groups in total. The van der Waals surface area contributed by atoms with Crippen LogP contribution in [0.1, 0.15) is 27.2 Å². The van der Waals surface area contributed by atoms with Crippen LogP contribution in [0.3, 0.4) is 0 Å². The third-order valence-electron chi connectivity index (χ3n) is 2.10. The monoisotopic (exact) mass is 171 g/mol. The van der Waals surface area contributed by atoms with E-state index in [0.29, 0.717) is 11.5 Å². The normalized spacial score (nSPS) is 26.5. The molecule has 0 spiro atoms. The first kappa shape index (κ1) is 10.0. The fourth-order valence-corrected chi connectivity index (χ4v) is 1.40. The van der Waals surface area contributed by atoms with Crippen LogP contribution in [0.15, 0.2) is 0 Å². The lowest BCUT2D eigenvalue weighted by Gasteiger charge is -2.21. The first-order valence-electron chi connectivity index (χ1n) is 4.77. The van der Waals surface area contributed by atoms with Gasteiger partial charge in [-0.3, -0.25) is 0 Å². The second-order valence-electron chi connectivity index (χ2n) is 5.04. The highest BCUT2D eigenvalue weighted by molar-refractivity contribution is 4.74. The molecule has 0 aliphatic carbocycles. The zero-order valence-electron chi connectivity index (χ0n) is 8.76. The van der Waals surface area contributed by atoms with Crippen LogP contribution in [0.2, 0.25) is 0 Å². The van der Waals surface area contributed by atoms with Gasteiger partial charge in [0.05, 0.1) is 12.7 Å². The topological polar surface area (TPSA) is 12.5 Å². The minimum absolute atomic E-state index is 0.307. The molecule has 12 heavy (non-hydrogen) atoms. The third kappa shape index (κ3) is 3.55. The van der Waals surface area contributed by atoms with Crippen molar-refractivity contribution in [2.45, 2.75) is 33.3 Å². The Balaban J connectivity index is 2.16. The summed E-state index contributed by atoms with van der Waals surface area (Å²) in [6.07, 6.45) is 1.68. The standard InChI is InChI=1S/C10H21NO/c1-10(2,3)8-12-9-5-6-11(4)7-9/h9H,5-8H2,1-4H3. The fraction of sp³-hybridized carbons (Fsp3) is 1.00. The lowest BCUT2D eigenvalue weighted by atomic mass is 9.98. The number of rotatable bonds is 2. The molecule has 1 aliphatic rings. The molecule has 0 aromatic carbocycles. The van der Waals surface area contributed by atoms with E-state index in [0.717, 1.165) is 13.2 Å². The lowest BCUT2D eigenvalue weighted by molar-refractivity contribution is 0.0153. The van der Waals surface area contributed by atoms with E-state index in [1.807, 2.05) is 0 Å². The van der Waals surface area contributed by atoms with Crippen molar-refractivity contribution in [3.8, 4) is 0 Å². The molecule has 1 atom stereocenters. The Kier molecular flexibility index (Phi) is 3.13. The predicted molar refractivity (Wildman–Crippen MR) is 51.3 cm³/mol. The van der Waals surface area contributed by atoms with Gasteiger partial charge in [0.25, 0.3) is 0 Å². The lowest BCUT2D eigenvalue weighted by Crippen LogP contribution is -2.24. The number of ether oxygens (including phenoxy) is 1. The maximum atomic E-state index is 5.80. The number of likely N-dealkylation sites (N-methyl/N-ethyl adjacent to an activating group) is 1. The second kappa shape index (κ2) is 3.75. The van der Waals surface area contributed by atoms with E-state index < -0.39 is 0 Å². The zero-order valence-corrected chi connectivity index (χ0v) is 8.76. The quantitative estimate of drug-likeness (QED) is 0.627. The zero-order chi connectivity index (χ0) is 9.19. The summed E-state index contributed by atoms with van der Waals surface area (Å²) in [7, 11) is 2.15. The molecule has 0 amide bonds. The van der Waals surface area contributed by atoms with Crippen molar-refractivity contribution in [1.82, 2.24) is 4.90 Å². The Hall–Kier alpha value is -0.0800. The molecule has 1 rings (SSSR count). The Morgan fingerprint density at radius 3 is 2.50 bits per heavy atom. The maximum Gasteiger partial charge on any atom is 0.0714 e. The van der Waals surface area contributed by atoms with Crippen molar-refractivity contribution in [2.75, 3.05) is 26.7 Å². The van der Waals surface area contributed by atoms with Gasteiger partial charge in [-0.05, 0) is 18.9 Å². The molecule has 1 saturated heterocycles. The number of likely N-dealkylation sites (tertiary alicyclic amines) is 1. The summed E-state index contributed by atoms with van der Waals surface area (Å²) >= 11 is 0. The van der Waals surface area contributed by atoms with Crippen LogP contribution in [-0.4, -0.2) is 37.7 Å². The molecule has 0 aromatic heterocycles. The largest absolute Gasteiger partial charge is 0.376 e. The summed E-state index contributed by atoms with van der Waals surface area (Å²) < 4.78 is 5.80. The van der Waals surface area contributed by atoms with E-state index in [4.69, 9.17) is 4.74 Å². The molecule has 0 saturated carbocycles. The molecule has 1 fully saturated rings. The SMILES string of the molecule is CN1CCC(OCC(C)(C)C)C1. The summed E-state index contributed by atoms with van der Waals surface area (Å²) in [6.45, 7) is 9.82. The van der Waals surface area contributed by atoms with Gasteiger partial charge in [0.15, 0.2) is 0 Å². The van der Waals surface area contributed by atoms with Gasteiger partial charge in [-0.25, -0.2) is 0 Å². The van der Waals surface area contributed by atoms with E-state index in [1.165, 1.54) is 13.0 Å². The molecule has 2 nitrogen and oxygen atoms in total. The third-order valence-corrected chi connectivity index (χ3v) is 2.10. The van der Waals surface area contributed by atoms with Gasteiger partial charge in [0.2, 0.25) is 0 Å². The van der Waals surface area contributed by atoms with Crippen LogP contribution < -0.4 is 0 Å². The van der Waals surface area contributed by atoms with Crippen LogP contribution in [0.25, 0.3) is 0 Å². The van der Waals surface area contributed by atoms with Crippen molar-refractivity contribution in [1.29, 1.82) is 0 Å². The van der Waals surface area contributed by atoms with Crippen molar-refractivity contribution in [2.24, 2.45) is 5.41 Å². The highest BCUT2D eigenvalue weighted by Crippen LogP contribution is 2.17. The van der Waals surface area contributed by atoms with Crippen LogP contribution in [0.5, 0.6) is 0 Å². The summed E-state index contributed by atoms with van der Waals surface area (Å²) in [5.41, 5.74) is 0.307. The van der Waals surface area contributed by atoms with Crippen LogP contribution in [0, 0.1) is 5.41 Å². The highest BCUT2D eigenvalue weighted by Gasteiger charge is 2.21. The van der Waals surface area contributed by atoms with Gasteiger partial charge in [0, 0.05) is 13.1 Å². The molecule has 0 aromatic rings. The minimum Gasteiger partial charge on any atom is -0.376 e.